The number of carbonyl (C=O) groups excluding carboxylic acids is 1. The van der Waals surface area contributed by atoms with Gasteiger partial charge in [-0.2, -0.15) is 0 Å². The predicted molar refractivity (Wildman–Crippen MR) is 50.7 cm³/mol. The third kappa shape index (κ3) is 2.83. The van der Waals surface area contributed by atoms with Crippen molar-refractivity contribution in [1.82, 2.24) is 4.98 Å². The van der Waals surface area contributed by atoms with Gasteiger partial charge in [-0.3, -0.25) is 4.79 Å². The predicted octanol–water partition coefficient (Wildman–Crippen LogP) is 0.626. The topological polar surface area (TPSA) is 68.0 Å². The molecule has 0 bridgehead atoms. The van der Waals surface area contributed by atoms with Crippen LogP contribution in [0.2, 0.25) is 0 Å². The molecule has 0 aliphatic carbocycles. The van der Waals surface area contributed by atoms with E-state index in [9.17, 15) is 4.79 Å². The van der Waals surface area contributed by atoms with Gasteiger partial charge in [-0.05, 0) is 25.0 Å². The molecule has 1 rings (SSSR count). The monoisotopic (exact) mass is 175 g/mol. The average molecular weight is 175 g/mol. The van der Waals surface area contributed by atoms with Crippen molar-refractivity contribution >= 4 is 17.4 Å². The van der Waals surface area contributed by atoms with E-state index in [4.69, 9.17) is 5.73 Å². The van der Waals surface area contributed by atoms with E-state index in [0.717, 1.165) is 0 Å². The van der Waals surface area contributed by atoms with Gasteiger partial charge in [0.1, 0.15) is 5.82 Å². The lowest BCUT2D eigenvalue weighted by atomic mass is 10.4. The normalized spacial score (nSPS) is 8.38. The molecule has 0 aliphatic rings. The summed E-state index contributed by atoms with van der Waals surface area (Å²) >= 11 is 0. The van der Waals surface area contributed by atoms with Crippen molar-refractivity contribution in [3.05, 3.63) is 18.3 Å². The van der Waals surface area contributed by atoms with Gasteiger partial charge in [0.2, 0.25) is 0 Å². The van der Waals surface area contributed by atoms with Crippen molar-refractivity contribution in [1.29, 1.82) is 0 Å². The first kappa shape index (κ1) is 9.07. The number of hydrogen-bond acceptors (Lipinski definition) is 3. The zero-order valence-electron chi connectivity index (χ0n) is 7.16. The average Bonchev–Trinajstić information content (AvgIpc) is 2.09. The Morgan fingerprint density at radius 3 is 2.92 bits per heavy atom. The largest absolute Gasteiger partial charge is 0.384 e. The summed E-state index contributed by atoms with van der Waals surface area (Å²) in [5.41, 5.74) is 5.95. The van der Waals surface area contributed by atoms with Crippen LogP contribution >= 0.6 is 0 Å². The Hall–Kier alpha value is -2.02. The summed E-state index contributed by atoms with van der Waals surface area (Å²) in [6.45, 7) is 1.60. The number of nitrogens with one attached hydrogen (secondary N) is 1. The van der Waals surface area contributed by atoms with Gasteiger partial charge >= 0.3 is 0 Å². The van der Waals surface area contributed by atoms with Gasteiger partial charge in [0.25, 0.3) is 5.91 Å². The molecule has 0 saturated carbocycles. The van der Waals surface area contributed by atoms with Crippen LogP contribution in [-0.4, -0.2) is 10.9 Å². The summed E-state index contributed by atoms with van der Waals surface area (Å²) in [4.78, 5) is 14.8. The van der Waals surface area contributed by atoms with Crippen molar-refractivity contribution in [3.8, 4) is 11.8 Å². The van der Waals surface area contributed by atoms with Crippen molar-refractivity contribution < 1.29 is 4.79 Å². The number of pyridine rings is 1. The van der Waals surface area contributed by atoms with Crippen LogP contribution in [0.25, 0.3) is 0 Å². The maximum Gasteiger partial charge on any atom is 0.300 e. The molecule has 13 heavy (non-hydrogen) atoms. The number of amides is 1. The number of aromatic nitrogens is 1. The molecule has 1 amide bonds. The molecule has 0 aromatic carbocycles. The zero-order chi connectivity index (χ0) is 9.68. The van der Waals surface area contributed by atoms with Crippen molar-refractivity contribution in [2.45, 2.75) is 6.92 Å². The summed E-state index contributed by atoms with van der Waals surface area (Å²) in [7, 11) is 0. The Morgan fingerprint density at radius 1 is 1.62 bits per heavy atom. The first-order valence-corrected chi connectivity index (χ1v) is 3.67. The van der Waals surface area contributed by atoms with Gasteiger partial charge in [-0.25, -0.2) is 4.98 Å². The minimum Gasteiger partial charge on any atom is -0.384 e. The maximum absolute atomic E-state index is 11.0. The van der Waals surface area contributed by atoms with Gasteiger partial charge in [-0.15, -0.1) is 0 Å². The SMILES string of the molecule is CC#CC(=O)Nc1ccc(N)nc1. The molecule has 0 saturated heterocycles. The van der Waals surface area contributed by atoms with Gasteiger partial charge in [-0.1, -0.05) is 5.92 Å². The first-order valence-electron chi connectivity index (χ1n) is 3.67. The van der Waals surface area contributed by atoms with E-state index in [2.05, 4.69) is 22.1 Å². The number of nitrogens with two attached hydrogens (primary N) is 1. The summed E-state index contributed by atoms with van der Waals surface area (Å²) < 4.78 is 0. The number of nitrogen functional groups attached to an aromatic ring is 1. The van der Waals surface area contributed by atoms with Crippen LogP contribution in [0.4, 0.5) is 11.5 Å². The number of carbonyl (C=O) groups is 1. The minimum absolute atomic E-state index is 0.353. The number of rotatable bonds is 1. The Bertz CT molecular complexity index is 359. The van der Waals surface area contributed by atoms with E-state index in [1.54, 1.807) is 19.1 Å². The Labute approximate surface area is 76.2 Å². The van der Waals surface area contributed by atoms with Crippen LogP contribution in [0.3, 0.4) is 0 Å². The van der Waals surface area contributed by atoms with Crippen LogP contribution in [0.5, 0.6) is 0 Å². The quantitative estimate of drug-likeness (QED) is 0.615. The highest BCUT2D eigenvalue weighted by molar-refractivity contribution is 6.03. The molecule has 0 fully saturated rings. The zero-order valence-corrected chi connectivity index (χ0v) is 7.16. The smallest absolute Gasteiger partial charge is 0.300 e. The van der Waals surface area contributed by atoms with Crippen molar-refractivity contribution in [2.75, 3.05) is 11.1 Å². The second kappa shape index (κ2) is 4.12. The Kier molecular flexibility index (Phi) is 2.87. The number of anilines is 2. The molecule has 4 nitrogen and oxygen atoms in total. The van der Waals surface area contributed by atoms with Gasteiger partial charge < -0.3 is 11.1 Å². The molecule has 1 aromatic heterocycles. The molecule has 0 unspecified atom stereocenters. The van der Waals surface area contributed by atoms with Crippen LogP contribution in [0.1, 0.15) is 6.92 Å². The van der Waals surface area contributed by atoms with Crippen LogP contribution in [0.15, 0.2) is 18.3 Å². The third-order valence-corrected chi connectivity index (χ3v) is 1.28. The number of nitrogens with zero attached hydrogens (tertiary/aromatic N) is 1. The Morgan fingerprint density at radius 2 is 2.38 bits per heavy atom. The minimum atomic E-state index is -0.353. The molecule has 4 heteroatoms. The second-order valence-electron chi connectivity index (χ2n) is 2.30. The van der Waals surface area contributed by atoms with E-state index in [0.29, 0.717) is 11.5 Å². The van der Waals surface area contributed by atoms with E-state index >= 15 is 0 Å². The molecule has 66 valence electrons. The summed E-state index contributed by atoms with van der Waals surface area (Å²) in [6.07, 6.45) is 1.48. The van der Waals surface area contributed by atoms with Crippen LogP contribution in [-0.2, 0) is 4.79 Å². The highest BCUT2D eigenvalue weighted by atomic mass is 16.1. The molecule has 1 heterocycles. The molecule has 0 radical (unpaired) electrons. The van der Waals surface area contributed by atoms with E-state index in [1.807, 2.05) is 0 Å². The van der Waals surface area contributed by atoms with E-state index in [-0.39, 0.29) is 5.91 Å². The summed E-state index contributed by atoms with van der Waals surface area (Å²) in [6, 6.07) is 3.27. The third-order valence-electron chi connectivity index (χ3n) is 1.28. The highest BCUT2D eigenvalue weighted by Gasteiger charge is 1.96. The fourth-order valence-electron chi connectivity index (χ4n) is 0.755. The fraction of sp³-hybridized carbons (Fsp3) is 0.111. The van der Waals surface area contributed by atoms with Crippen LogP contribution in [0, 0.1) is 11.8 Å². The molecule has 0 atom stereocenters. The van der Waals surface area contributed by atoms with Gasteiger partial charge in [0, 0.05) is 0 Å². The lowest BCUT2D eigenvalue weighted by molar-refractivity contribution is -0.111. The van der Waals surface area contributed by atoms with Gasteiger partial charge in [0.15, 0.2) is 0 Å². The van der Waals surface area contributed by atoms with Crippen molar-refractivity contribution in [3.63, 3.8) is 0 Å². The molecule has 0 spiro atoms. The van der Waals surface area contributed by atoms with E-state index in [1.165, 1.54) is 6.20 Å². The molecular formula is C9H9N3O. The summed E-state index contributed by atoms with van der Waals surface area (Å²) in [5, 5.41) is 2.54. The standard InChI is InChI=1S/C9H9N3O/c1-2-3-9(13)12-7-4-5-8(10)11-6-7/h4-6H,1H3,(H2,10,11)(H,12,13). The first-order chi connectivity index (χ1) is 6.22. The lowest BCUT2D eigenvalue weighted by Crippen LogP contribution is -2.08. The maximum atomic E-state index is 11.0. The number of hydrogen-bond donors (Lipinski definition) is 2. The lowest BCUT2D eigenvalue weighted by Gasteiger charge is -1.99. The van der Waals surface area contributed by atoms with Crippen LogP contribution < -0.4 is 11.1 Å². The Balaban J connectivity index is 2.68. The highest BCUT2D eigenvalue weighted by Crippen LogP contribution is 2.05. The second-order valence-corrected chi connectivity index (χ2v) is 2.30. The summed E-state index contributed by atoms with van der Waals surface area (Å²) in [5.74, 6) is 4.91. The molecule has 0 aliphatic heterocycles. The molecule has 3 N–H and O–H groups in total. The van der Waals surface area contributed by atoms with Crippen molar-refractivity contribution in [2.24, 2.45) is 0 Å². The fourth-order valence-corrected chi connectivity index (χ4v) is 0.755. The van der Waals surface area contributed by atoms with E-state index < -0.39 is 0 Å². The molecule has 1 aromatic rings. The van der Waals surface area contributed by atoms with Gasteiger partial charge in [0.05, 0.1) is 11.9 Å². The molecular weight excluding hydrogens is 166 g/mol.